The van der Waals surface area contributed by atoms with E-state index in [1.807, 2.05) is 0 Å². The van der Waals surface area contributed by atoms with Crippen LogP contribution in [0.25, 0.3) is 0 Å². The van der Waals surface area contributed by atoms with Gasteiger partial charge in [-0.3, -0.25) is 4.79 Å². The zero-order chi connectivity index (χ0) is 11.8. The molecule has 4 heteroatoms. The number of amides is 1. The Morgan fingerprint density at radius 2 is 1.94 bits per heavy atom. The molecule has 1 aliphatic heterocycles. The Hall–Kier alpha value is -0.610. The van der Waals surface area contributed by atoms with E-state index in [4.69, 9.17) is 4.74 Å². The van der Waals surface area contributed by atoms with Gasteiger partial charge < -0.3 is 15.4 Å². The summed E-state index contributed by atoms with van der Waals surface area (Å²) < 4.78 is 5.27. The molecule has 0 aromatic heterocycles. The lowest BCUT2D eigenvalue weighted by Crippen LogP contribution is -2.44. The molecule has 1 fully saturated rings. The Bertz CT molecular complexity index is 199. The summed E-state index contributed by atoms with van der Waals surface area (Å²) >= 11 is 0. The van der Waals surface area contributed by atoms with E-state index in [2.05, 4.69) is 24.5 Å². The first-order valence-corrected chi connectivity index (χ1v) is 6.36. The lowest BCUT2D eigenvalue weighted by molar-refractivity contribution is -0.121. The third-order valence-electron chi connectivity index (χ3n) is 3.12. The van der Waals surface area contributed by atoms with Crippen LogP contribution in [0.4, 0.5) is 0 Å². The van der Waals surface area contributed by atoms with Crippen molar-refractivity contribution >= 4 is 5.91 Å². The van der Waals surface area contributed by atoms with E-state index >= 15 is 0 Å². The fourth-order valence-electron chi connectivity index (χ4n) is 1.91. The van der Waals surface area contributed by atoms with Gasteiger partial charge in [0.05, 0.1) is 6.54 Å². The van der Waals surface area contributed by atoms with Crippen LogP contribution in [0.5, 0.6) is 0 Å². The minimum atomic E-state index is 0.111. The second kappa shape index (κ2) is 7.63. The van der Waals surface area contributed by atoms with Gasteiger partial charge in [-0.05, 0) is 25.7 Å². The molecule has 0 atom stereocenters. The Balaban J connectivity index is 2.13. The predicted molar refractivity (Wildman–Crippen MR) is 64.4 cm³/mol. The first-order valence-electron chi connectivity index (χ1n) is 6.36. The SMILES string of the molecule is CCC(CC)NC(=O)CNC1CCOCC1. The van der Waals surface area contributed by atoms with Crippen LogP contribution >= 0.6 is 0 Å². The van der Waals surface area contributed by atoms with Gasteiger partial charge in [-0.2, -0.15) is 0 Å². The molecule has 16 heavy (non-hydrogen) atoms. The zero-order valence-corrected chi connectivity index (χ0v) is 10.4. The van der Waals surface area contributed by atoms with E-state index in [0.29, 0.717) is 18.6 Å². The van der Waals surface area contributed by atoms with Crippen molar-refractivity contribution in [3.8, 4) is 0 Å². The largest absolute Gasteiger partial charge is 0.381 e. The number of ether oxygens (including phenoxy) is 1. The van der Waals surface area contributed by atoms with E-state index < -0.39 is 0 Å². The molecule has 0 aromatic carbocycles. The number of hydrogen-bond donors (Lipinski definition) is 2. The summed E-state index contributed by atoms with van der Waals surface area (Å²) in [6, 6.07) is 0.769. The number of hydrogen-bond acceptors (Lipinski definition) is 3. The van der Waals surface area contributed by atoms with E-state index in [-0.39, 0.29) is 5.91 Å². The van der Waals surface area contributed by atoms with E-state index in [0.717, 1.165) is 38.9 Å². The van der Waals surface area contributed by atoms with E-state index in [1.54, 1.807) is 0 Å². The van der Waals surface area contributed by atoms with Crippen molar-refractivity contribution in [3.05, 3.63) is 0 Å². The first-order chi connectivity index (χ1) is 7.76. The summed E-state index contributed by atoms with van der Waals surface area (Å²) in [4.78, 5) is 11.6. The van der Waals surface area contributed by atoms with Crippen LogP contribution in [-0.4, -0.2) is 37.7 Å². The molecule has 4 nitrogen and oxygen atoms in total. The van der Waals surface area contributed by atoms with Crippen LogP contribution in [-0.2, 0) is 9.53 Å². The minimum absolute atomic E-state index is 0.111. The van der Waals surface area contributed by atoms with Gasteiger partial charge in [0.1, 0.15) is 0 Å². The lowest BCUT2D eigenvalue weighted by atomic mass is 10.1. The van der Waals surface area contributed by atoms with Crippen LogP contribution < -0.4 is 10.6 Å². The quantitative estimate of drug-likeness (QED) is 0.714. The molecule has 0 bridgehead atoms. The molecule has 94 valence electrons. The maximum atomic E-state index is 11.6. The Morgan fingerprint density at radius 1 is 1.31 bits per heavy atom. The maximum Gasteiger partial charge on any atom is 0.234 e. The first kappa shape index (κ1) is 13.5. The zero-order valence-electron chi connectivity index (χ0n) is 10.4. The van der Waals surface area contributed by atoms with Crippen molar-refractivity contribution in [2.45, 2.75) is 51.6 Å². The molecule has 0 aromatic rings. The molecule has 1 saturated heterocycles. The van der Waals surface area contributed by atoms with Crippen molar-refractivity contribution in [3.63, 3.8) is 0 Å². The number of nitrogens with one attached hydrogen (secondary N) is 2. The molecule has 0 aliphatic carbocycles. The van der Waals surface area contributed by atoms with Gasteiger partial charge in [0, 0.05) is 25.3 Å². The normalized spacial score (nSPS) is 17.7. The van der Waals surface area contributed by atoms with Crippen molar-refractivity contribution in [1.82, 2.24) is 10.6 Å². The van der Waals surface area contributed by atoms with Gasteiger partial charge in [-0.15, -0.1) is 0 Å². The molecule has 1 amide bonds. The Kier molecular flexibility index (Phi) is 6.42. The Labute approximate surface area is 98.1 Å². The number of carbonyl (C=O) groups excluding carboxylic acids is 1. The molecule has 2 N–H and O–H groups in total. The van der Waals surface area contributed by atoms with Gasteiger partial charge in [0.2, 0.25) is 5.91 Å². The van der Waals surface area contributed by atoms with Crippen LogP contribution in [0.3, 0.4) is 0 Å². The number of carbonyl (C=O) groups is 1. The van der Waals surface area contributed by atoms with Gasteiger partial charge in [-0.25, -0.2) is 0 Å². The van der Waals surface area contributed by atoms with Crippen LogP contribution in [0, 0.1) is 0 Å². The van der Waals surface area contributed by atoms with Crippen LogP contribution in [0.15, 0.2) is 0 Å². The fraction of sp³-hybridized carbons (Fsp3) is 0.917. The minimum Gasteiger partial charge on any atom is -0.381 e. The lowest BCUT2D eigenvalue weighted by Gasteiger charge is -2.23. The van der Waals surface area contributed by atoms with Gasteiger partial charge in [0.25, 0.3) is 0 Å². The van der Waals surface area contributed by atoms with Crippen molar-refractivity contribution in [1.29, 1.82) is 0 Å². The van der Waals surface area contributed by atoms with Crippen LogP contribution in [0.2, 0.25) is 0 Å². The monoisotopic (exact) mass is 228 g/mol. The third-order valence-corrected chi connectivity index (χ3v) is 3.12. The molecule has 1 rings (SSSR count). The predicted octanol–water partition coefficient (Wildman–Crippen LogP) is 1.06. The van der Waals surface area contributed by atoms with Crippen molar-refractivity contribution < 1.29 is 9.53 Å². The summed E-state index contributed by atoms with van der Waals surface area (Å²) in [5.74, 6) is 0.111. The van der Waals surface area contributed by atoms with Crippen molar-refractivity contribution in [2.24, 2.45) is 0 Å². The molecule has 0 saturated carbocycles. The van der Waals surface area contributed by atoms with E-state index in [1.165, 1.54) is 0 Å². The maximum absolute atomic E-state index is 11.6. The second-order valence-corrected chi connectivity index (χ2v) is 4.35. The average molecular weight is 228 g/mol. The molecule has 0 radical (unpaired) electrons. The standard InChI is InChI=1S/C12H24N2O2/c1-3-10(4-2)14-12(15)9-13-11-5-7-16-8-6-11/h10-11,13H,3-9H2,1-2H3,(H,14,15). The summed E-state index contributed by atoms with van der Waals surface area (Å²) in [6.45, 7) is 6.25. The highest BCUT2D eigenvalue weighted by Gasteiger charge is 2.15. The molecule has 0 unspecified atom stereocenters. The highest BCUT2D eigenvalue weighted by molar-refractivity contribution is 5.78. The average Bonchev–Trinajstić information content (AvgIpc) is 2.34. The summed E-state index contributed by atoms with van der Waals surface area (Å²) in [5, 5.41) is 6.31. The fourth-order valence-corrected chi connectivity index (χ4v) is 1.91. The molecular formula is C12H24N2O2. The molecule has 1 aliphatic rings. The van der Waals surface area contributed by atoms with Gasteiger partial charge >= 0.3 is 0 Å². The van der Waals surface area contributed by atoms with E-state index in [9.17, 15) is 4.79 Å². The molecule has 1 heterocycles. The summed E-state index contributed by atoms with van der Waals surface area (Å²) in [7, 11) is 0. The molecule has 0 spiro atoms. The number of rotatable bonds is 6. The third kappa shape index (κ3) is 4.94. The smallest absolute Gasteiger partial charge is 0.234 e. The second-order valence-electron chi connectivity index (χ2n) is 4.35. The summed E-state index contributed by atoms with van der Waals surface area (Å²) in [6.07, 6.45) is 4.02. The van der Waals surface area contributed by atoms with Crippen molar-refractivity contribution in [2.75, 3.05) is 19.8 Å². The van der Waals surface area contributed by atoms with Gasteiger partial charge in [0.15, 0.2) is 0 Å². The highest BCUT2D eigenvalue weighted by Crippen LogP contribution is 2.05. The topological polar surface area (TPSA) is 50.4 Å². The highest BCUT2D eigenvalue weighted by atomic mass is 16.5. The van der Waals surface area contributed by atoms with Gasteiger partial charge in [-0.1, -0.05) is 13.8 Å². The Morgan fingerprint density at radius 3 is 2.50 bits per heavy atom. The summed E-state index contributed by atoms with van der Waals surface area (Å²) in [5.41, 5.74) is 0. The molecular weight excluding hydrogens is 204 g/mol. The van der Waals surface area contributed by atoms with Crippen LogP contribution in [0.1, 0.15) is 39.5 Å².